The first kappa shape index (κ1) is 13.1. The Bertz CT molecular complexity index is 256. The SMILES string of the molecule is CC/C=C\CC1C(CCO)CCC12OCCO2. The molecule has 2 atom stereocenters. The summed E-state index contributed by atoms with van der Waals surface area (Å²) >= 11 is 0. The molecule has 1 aliphatic carbocycles. The van der Waals surface area contributed by atoms with E-state index in [1.165, 1.54) is 0 Å². The number of rotatable bonds is 5. The molecule has 17 heavy (non-hydrogen) atoms. The minimum Gasteiger partial charge on any atom is -0.396 e. The lowest BCUT2D eigenvalue weighted by Gasteiger charge is -2.31. The van der Waals surface area contributed by atoms with E-state index in [0.717, 1.165) is 45.3 Å². The van der Waals surface area contributed by atoms with Gasteiger partial charge in [-0.25, -0.2) is 0 Å². The third kappa shape index (κ3) is 2.72. The lowest BCUT2D eigenvalue weighted by Crippen LogP contribution is -2.36. The summed E-state index contributed by atoms with van der Waals surface area (Å²) in [6.45, 7) is 3.86. The maximum absolute atomic E-state index is 9.15. The van der Waals surface area contributed by atoms with Crippen LogP contribution in [0.1, 0.15) is 39.0 Å². The zero-order valence-corrected chi connectivity index (χ0v) is 10.7. The smallest absolute Gasteiger partial charge is 0.171 e. The summed E-state index contributed by atoms with van der Waals surface area (Å²) in [5, 5.41) is 9.15. The highest BCUT2D eigenvalue weighted by Crippen LogP contribution is 2.48. The molecule has 2 fully saturated rings. The van der Waals surface area contributed by atoms with E-state index in [2.05, 4.69) is 19.1 Å². The van der Waals surface area contributed by atoms with Crippen LogP contribution < -0.4 is 0 Å². The van der Waals surface area contributed by atoms with Crippen molar-refractivity contribution >= 4 is 0 Å². The Morgan fingerprint density at radius 1 is 1.29 bits per heavy atom. The van der Waals surface area contributed by atoms with Crippen molar-refractivity contribution in [1.82, 2.24) is 0 Å². The van der Waals surface area contributed by atoms with Crippen molar-refractivity contribution < 1.29 is 14.6 Å². The molecule has 2 aliphatic rings. The molecule has 1 saturated carbocycles. The van der Waals surface area contributed by atoms with Crippen LogP contribution in [0.3, 0.4) is 0 Å². The van der Waals surface area contributed by atoms with E-state index >= 15 is 0 Å². The van der Waals surface area contributed by atoms with Gasteiger partial charge in [-0.15, -0.1) is 0 Å². The average molecular weight is 240 g/mol. The average Bonchev–Trinajstić information content (AvgIpc) is 2.92. The van der Waals surface area contributed by atoms with Crippen LogP contribution in [-0.4, -0.2) is 30.7 Å². The maximum Gasteiger partial charge on any atom is 0.171 e. The van der Waals surface area contributed by atoms with Gasteiger partial charge in [0, 0.05) is 18.9 Å². The predicted octanol–water partition coefficient (Wildman–Crippen LogP) is 2.49. The molecule has 98 valence electrons. The fourth-order valence-corrected chi connectivity index (χ4v) is 3.25. The van der Waals surface area contributed by atoms with Gasteiger partial charge in [-0.05, 0) is 31.6 Å². The van der Waals surface area contributed by atoms with E-state index in [1.54, 1.807) is 0 Å². The zero-order chi connectivity index (χ0) is 12.1. The van der Waals surface area contributed by atoms with Crippen LogP contribution in [-0.2, 0) is 9.47 Å². The highest BCUT2D eigenvalue weighted by Gasteiger charge is 2.51. The Labute approximate surface area is 104 Å². The van der Waals surface area contributed by atoms with Gasteiger partial charge in [0.15, 0.2) is 5.79 Å². The monoisotopic (exact) mass is 240 g/mol. The van der Waals surface area contributed by atoms with Crippen molar-refractivity contribution in [1.29, 1.82) is 0 Å². The normalized spacial score (nSPS) is 31.9. The van der Waals surface area contributed by atoms with Gasteiger partial charge in [-0.1, -0.05) is 19.1 Å². The largest absolute Gasteiger partial charge is 0.396 e. The Kier molecular flexibility index (Phi) is 4.60. The molecule has 0 bridgehead atoms. The standard InChI is InChI=1S/C14H24O3/c1-2-3-4-5-13-12(7-9-15)6-8-14(13)16-10-11-17-14/h3-4,12-13,15H,2,5-11H2,1H3/b4-3-. The second-order valence-corrected chi connectivity index (χ2v) is 5.04. The molecule has 3 nitrogen and oxygen atoms in total. The van der Waals surface area contributed by atoms with Gasteiger partial charge in [0.05, 0.1) is 13.2 Å². The van der Waals surface area contributed by atoms with E-state index in [0.29, 0.717) is 11.8 Å². The molecular formula is C14H24O3. The van der Waals surface area contributed by atoms with Gasteiger partial charge in [-0.2, -0.15) is 0 Å². The summed E-state index contributed by atoms with van der Waals surface area (Å²) < 4.78 is 11.8. The van der Waals surface area contributed by atoms with Crippen molar-refractivity contribution in [3.8, 4) is 0 Å². The second kappa shape index (κ2) is 5.98. The number of aliphatic hydroxyl groups is 1. The molecule has 0 aromatic carbocycles. The molecule has 0 aromatic heterocycles. The fourth-order valence-electron chi connectivity index (χ4n) is 3.25. The molecule has 2 rings (SSSR count). The molecule has 0 amide bonds. The van der Waals surface area contributed by atoms with Crippen LogP contribution in [0, 0.1) is 11.8 Å². The van der Waals surface area contributed by atoms with Crippen LogP contribution in [0.2, 0.25) is 0 Å². The van der Waals surface area contributed by atoms with Gasteiger partial charge in [0.2, 0.25) is 0 Å². The Morgan fingerprint density at radius 3 is 2.71 bits per heavy atom. The van der Waals surface area contributed by atoms with Gasteiger partial charge in [0.25, 0.3) is 0 Å². The molecule has 0 aromatic rings. The highest BCUT2D eigenvalue weighted by atomic mass is 16.7. The summed E-state index contributed by atoms with van der Waals surface area (Å²) in [5.74, 6) is 0.623. The molecular weight excluding hydrogens is 216 g/mol. The van der Waals surface area contributed by atoms with Crippen LogP contribution >= 0.6 is 0 Å². The molecule has 2 unspecified atom stereocenters. The Morgan fingerprint density at radius 2 is 2.06 bits per heavy atom. The molecule has 1 spiro atoms. The van der Waals surface area contributed by atoms with E-state index in [9.17, 15) is 0 Å². The third-order valence-electron chi connectivity index (χ3n) is 4.07. The van der Waals surface area contributed by atoms with Gasteiger partial charge >= 0.3 is 0 Å². The van der Waals surface area contributed by atoms with E-state index in [-0.39, 0.29) is 12.4 Å². The summed E-state index contributed by atoms with van der Waals surface area (Å²) in [5.41, 5.74) is 0. The van der Waals surface area contributed by atoms with Crippen molar-refractivity contribution in [2.24, 2.45) is 11.8 Å². The Hall–Kier alpha value is -0.380. The lowest BCUT2D eigenvalue weighted by atomic mass is 9.87. The minimum atomic E-state index is -0.335. The summed E-state index contributed by atoms with van der Waals surface area (Å²) in [7, 11) is 0. The predicted molar refractivity (Wildman–Crippen MR) is 66.6 cm³/mol. The minimum absolute atomic E-state index is 0.273. The van der Waals surface area contributed by atoms with Gasteiger partial charge in [-0.3, -0.25) is 0 Å². The highest BCUT2D eigenvalue weighted by molar-refractivity contribution is 4.98. The molecule has 3 heteroatoms. The molecule has 1 heterocycles. The number of hydrogen-bond acceptors (Lipinski definition) is 3. The van der Waals surface area contributed by atoms with Crippen LogP contribution in [0.25, 0.3) is 0 Å². The van der Waals surface area contributed by atoms with Crippen LogP contribution in [0.4, 0.5) is 0 Å². The van der Waals surface area contributed by atoms with E-state index in [4.69, 9.17) is 14.6 Å². The van der Waals surface area contributed by atoms with E-state index < -0.39 is 0 Å². The summed E-state index contributed by atoms with van der Waals surface area (Å²) in [6.07, 6.45) is 9.52. The van der Waals surface area contributed by atoms with Crippen LogP contribution in [0.15, 0.2) is 12.2 Å². The maximum atomic E-state index is 9.15. The second-order valence-electron chi connectivity index (χ2n) is 5.04. The van der Waals surface area contributed by atoms with Crippen molar-refractivity contribution in [2.75, 3.05) is 19.8 Å². The fraction of sp³-hybridized carbons (Fsp3) is 0.857. The summed E-state index contributed by atoms with van der Waals surface area (Å²) in [4.78, 5) is 0. The molecule has 1 aliphatic heterocycles. The number of allylic oxidation sites excluding steroid dienone is 2. The van der Waals surface area contributed by atoms with Gasteiger partial charge in [0.1, 0.15) is 0 Å². The van der Waals surface area contributed by atoms with Crippen LogP contribution in [0.5, 0.6) is 0 Å². The Balaban J connectivity index is 2.03. The van der Waals surface area contributed by atoms with Crippen molar-refractivity contribution in [3.63, 3.8) is 0 Å². The molecule has 1 N–H and O–H groups in total. The topological polar surface area (TPSA) is 38.7 Å². The van der Waals surface area contributed by atoms with Crippen molar-refractivity contribution in [2.45, 2.75) is 44.8 Å². The lowest BCUT2D eigenvalue weighted by molar-refractivity contribution is -0.185. The number of ether oxygens (including phenoxy) is 2. The van der Waals surface area contributed by atoms with Crippen molar-refractivity contribution in [3.05, 3.63) is 12.2 Å². The molecule has 1 saturated heterocycles. The number of hydrogen-bond donors (Lipinski definition) is 1. The van der Waals surface area contributed by atoms with Gasteiger partial charge < -0.3 is 14.6 Å². The first-order chi connectivity index (χ1) is 8.32. The third-order valence-corrected chi connectivity index (χ3v) is 4.07. The molecule has 0 radical (unpaired) electrons. The quantitative estimate of drug-likeness (QED) is 0.750. The number of aliphatic hydroxyl groups excluding tert-OH is 1. The first-order valence-corrected chi connectivity index (χ1v) is 6.86. The van der Waals surface area contributed by atoms with E-state index in [1.807, 2.05) is 0 Å². The first-order valence-electron chi connectivity index (χ1n) is 6.86. The zero-order valence-electron chi connectivity index (χ0n) is 10.7. The summed E-state index contributed by atoms with van der Waals surface area (Å²) in [6, 6.07) is 0.